The molecule has 3 rings (SSSR count). The van der Waals surface area contributed by atoms with E-state index in [4.69, 9.17) is 16.3 Å². The van der Waals surface area contributed by atoms with Crippen LogP contribution in [0.15, 0.2) is 39.9 Å². The van der Waals surface area contributed by atoms with Crippen molar-refractivity contribution in [2.45, 2.75) is 45.6 Å². The van der Waals surface area contributed by atoms with Crippen LogP contribution in [0.1, 0.15) is 50.4 Å². The van der Waals surface area contributed by atoms with Gasteiger partial charge in [-0.25, -0.2) is 0 Å². The summed E-state index contributed by atoms with van der Waals surface area (Å²) in [4.78, 5) is 16.0. The van der Waals surface area contributed by atoms with Crippen LogP contribution in [-0.4, -0.2) is 35.0 Å². The molecule has 0 unspecified atom stereocenters. The number of methoxy groups -OCH3 is 1. The average molecular weight is 408 g/mol. The van der Waals surface area contributed by atoms with Crippen molar-refractivity contribution in [2.24, 2.45) is 5.92 Å². The normalized spacial score (nSPS) is 19.6. The van der Waals surface area contributed by atoms with Crippen LogP contribution >= 0.6 is 23.4 Å². The largest absolute Gasteiger partial charge is 0.496 e. The summed E-state index contributed by atoms with van der Waals surface area (Å²) >= 11 is 7.55. The zero-order chi connectivity index (χ0) is 19.8. The van der Waals surface area contributed by atoms with E-state index in [-0.39, 0.29) is 5.78 Å². The first-order chi connectivity index (χ1) is 12.7. The number of carbonyl (C=O) groups is 1. The van der Waals surface area contributed by atoms with Crippen molar-refractivity contribution < 1.29 is 14.6 Å². The fraction of sp³-hybridized carbons (Fsp3) is 0.476. The summed E-state index contributed by atoms with van der Waals surface area (Å²) < 4.78 is 5.32. The quantitative estimate of drug-likeness (QED) is 0.517. The van der Waals surface area contributed by atoms with Gasteiger partial charge in [-0.05, 0) is 57.7 Å². The summed E-state index contributed by atoms with van der Waals surface area (Å²) in [6, 6.07) is 5.04. The number of ketones is 1. The number of benzene rings is 1. The number of rotatable bonds is 6. The number of hydrogen-bond donors (Lipinski definition) is 1. The molecule has 1 N–H and O–H groups in total. The van der Waals surface area contributed by atoms with Gasteiger partial charge in [0.25, 0.3) is 0 Å². The van der Waals surface area contributed by atoms with Crippen molar-refractivity contribution >= 4 is 29.1 Å². The molecule has 1 aliphatic carbocycles. The van der Waals surface area contributed by atoms with E-state index < -0.39 is 5.60 Å². The predicted molar refractivity (Wildman–Crippen MR) is 111 cm³/mol. The van der Waals surface area contributed by atoms with Crippen LogP contribution in [0, 0.1) is 5.92 Å². The van der Waals surface area contributed by atoms with Gasteiger partial charge in [0.1, 0.15) is 5.75 Å². The molecule has 0 aromatic heterocycles. The second-order valence-corrected chi connectivity index (χ2v) is 9.14. The summed E-state index contributed by atoms with van der Waals surface area (Å²) in [6.07, 6.45) is 5.34. The zero-order valence-electron chi connectivity index (χ0n) is 16.2. The van der Waals surface area contributed by atoms with Crippen LogP contribution < -0.4 is 4.74 Å². The van der Waals surface area contributed by atoms with Gasteiger partial charge in [0.2, 0.25) is 0 Å². The number of hydrogen-bond acceptors (Lipinski definition) is 5. The Labute approximate surface area is 170 Å². The van der Waals surface area contributed by atoms with E-state index in [0.29, 0.717) is 22.3 Å². The number of allylic oxidation sites excluding steroid dienone is 2. The Morgan fingerprint density at radius 2 is 2.15 bits per heavy atom. The molecule has 1 saturated carbocycles. The van der Waals surface area contributed by atoms with Gasteiger partial charge in [-0.3, -0.25) is 4.79 Å². The van der Waals surface area contributed by atoms with Crippen LogP contribution in [0.3, 0.4) is 0 Å². The highest BCUT2D eigenvalue weighted by Gasteiger charge is 2.35. The third-order valence-corrected chi connectivity index (χ3v) is 6.89. The number of aliphatic hydroxyl groups is 1. The van der Waals surface area contributed by atoms with E-state index in [2.05, 4.69) is 4.90 Å². The van der Waals surface area contributed by atoms with E-state index in [1.54, 1.807) is 45.2 Å². The lowest BCUT2D eigenvalue weighted by Gasteiger charge is -2.32. The van der Waals surface area contributed by atoms with Crippen molar-refractivity contribution in [1.82, 2.24) is 4.90 Å². The Hall–Kier alpha value is -1.43. The van der Waals surface area contributed by atoms with Gasteiger partial charge in [0.05, 0.1) is 23.3 Å². The smallest absolute Gasteiger partial charge is 0.192 e. The Morgan fingerprint density at radius 3 is 2.70 bits per heavy atom. The molecule has 27 heavy (non-hydrogen) atoms. The summed E-state index contributed by atoms with van der Waals surface area (Å²) in [5.41, 5.74) is 0.520. The van der Waals surface area contributed by atoms with Crippen LogP contribution in [-0.2, 0) is 0 Å². The standard InChI is InChI=1S/C21H26ClNO3S/c1-13-20(21(2,3)25)27-19(23(13)12-14-6-5-7-14)11-17(24)16-10-15(22)8-9-18(16)26-4/h8-11,14,25H,5-7,12H2,1-4H3. The maximum atomic E-state index is 13.0. The van der Waals surface area contributed by atoms with Crippen molar-refractivity contribution in [1.29, 1.82) is 0 Å². The predicted octanol–water partition coefficient (Wildman–Crippen LogP) is 5.22. The van der Waals surface area contributed by atoms with Gasteiger partial charge >= 0.3 is 0 Å². The molecular weight excluding hydrogens is 382 g/mol. The van der Waals surface area contributed by atoms with E-state index in [0.717, 1.165) is 22.2 Å². The molecule has 4 nitrogen and oxygen atoms in total. The van der Waals surface area contributed by atoms with Gasteiger partial charge in [0.15, 0.2) is 5.78 Å². The summed E-state index contributed by atoms with van der Waals surface area (Å²) in [6.45, 7) is 6.46. The molecular formula is C21H26ClNO3S. The van der Waals surface area contributed by atoms with Gasteiger partial charge in [0, 0.05) is 28.2 Å². The molecule has 0 atom stereocenters. The highest BCUT2D eigenvalue weighted by Crippen LogP contribution is 2.47. The Morgan fingerprint density at radius 1 is 1.44 bits per heavy atom. The first-order valence-corrected chi connectivity index (χ1v) is 10.4. The molecule has 0 saturated heterocycles. The van der Waals surface area contributed by atoms with Gasteiger partial charge in [-0.1, -0.05) is 29.8 Å². The molecule has 146 valence electrons. The van der Waals surface area contributed by atoms with Crippen LogP contribution in [0.25, 0.3) is 0 Å². The maximum absolute atomic E-state index is 13.0. The Kier molecular flexibility index (Phi) is 5.94. The molecule has 0 amide bonds. The first kappa shape index (κ1) is 20.3. The monoisotopic (exact) mass is 407 g/mol. The molecule has 2 aliphatic rings. The summed E-state index contributed by atoms with van der Waals surface area (Å²) in [5, 5.41) is 11.9. The summed E-state index contributed by atoms with van der Waals surface area (Å²) in [5.74, 6) is 0.989. The van der Waals surface area contributed by atoms with Crippen LogP contribution in [0.5, 0.6) is 5.75 Å². The van der Waals surface area contributed by atoms with Gasteiger partial charge in [-0.2, -0.15) is 0 Å². The number of halogens is 1. The second kappa shape index (κ2) is 7.90. The van der Waals surface area contributed by atoms with Crippen molar-refractivity contribution in [3.05, 3.63) is 50.5 Å². The van der Waals surface area contributed by atoms with Crippen molar-refractivity contribution in [3.8, 4) is 5.75 Å². The van der Waals surface area contributed by atoms with E-state index in [1.165, 1.54) is 31.0 Å². The van der Waals surface area contributed by atoms with Gasteiger partial charge < -0.3 is 14.7 Å². The molecule has 0 radical (unpaired) electrons. The molecule has 0 bridgehead atoms. The molecule has 0 spiro atoms. The molecule has 1 aliphatic heterocycles. The minimum Gasteiger partial charge on any atom is -0.496 e. The number of thioether (sulfide) groups is 1. The Bertz CT molecular complexity index is 806. The molecule has 1 heterocycles. The van der Waals surface area contributed by atoms with Crippen molar-refractivity contribution in [3.63, 3.8) is 0 Å². The van der Waals surface area contributed by atoms with Crippen LogP contribution in [0.4, 0.5) is 0 Å². The molecule has 1 aromatic carbocycles. The van der Waals surface area contributed by atoms with Crippen LogP contribution in [0.2, 0.25) is 5.02 Å². The third-order valence-electron chi connectivity index (χ3n) is 5.11. The highest BCUT2D eigenvalue weighted by atomic mass is 35.5. The van der Waals surface area contributed by atoms with Crippen molar-refractivity contribution in [2.75, 3.05) is 13.7 Å². The highest BCUT2D eigenvalue weighted by molar-refractivity contribution is 8.07. The van der Waals surface area contributed by atoms with Gasteiger partial charge in [-0.15, -0.1) is 0 Å². The fourth-order valence-corrected chi connectivity index (χ4v) is 4.80. The lowest BCUT2D eigenvalue weighted by Crippen LogP contribution is -2.29. The lowest BCUT2D eigenvalue weighted by molar-refractivity contribution is 0.104. The number of carbonyl (C=O) groups excluding carboxylic acids is 1. The summed E-state index contributed by atoms with van der Waals surface area (Å²) in [7, 11) is 1.54. The zero-order valence-corrected chi connectivity index (χ0v) is 17.8. The van der Waals surface area contributed by atoms with E-state index in [9.17, 15) is 9.90 Å². The minimum absolute atomic E-state index is 0.153. The second-order valence-electron chi connectivity index (χ2n) is 7.67. The third kappa shape index (κ3) is 4.36. The molecule has 1 fully saturated rings. The average Bonchev–Trinajstić information content (AvgIpc) is 2.87. The molecule has 1 aromatic rings. The topological polar surface area (TPSA) is 49.8 Å². The molecule has 6 heteroatoms. The van der Waals surface area contributed by atoms with E-state index in [1.807, 2.05) is 6.92 Å². The minimum atomic E-state index is -0.945. The Balaban J connectivity index is 1.93. The lowest BCUT2D eigenvalue weighted by atomic mass is 9.85. The first-order valence-electron chi connectivity index (χ1n) is 9.19. The number of nitrogens with zero attached hydrogens (tertiary/aromatic N) is 1. The fourth-order valence-electron chi connectivity index (χ4n) is 3.42. The maximum Gasteiger partial charge on any atom is 0.192 e. The SMILES string of the molecule is COc1ccc(Cl)cc1C(=O)C=C1SC(C(C)(C)O)=C(C)N1CC1CCC1. The number of ether oxygens (including phenoxy) is 1. The van der Waals surface area contributed by atoms with E-state index >= 15 is 0 Å².